The Balaban J connectivity index is 2.49. The molecular weight excluding hydrogens is 226 g/mol. The predicted molar refractivity (Wildman–Crippen MR) is 75.7 cm³/mol. The number of likely N-dealkylation sites (N-methyl/N-ethyl adjacent to an activating group) is 1. The molecule has 18 heavy (non-hydrogen) atoms. The first-order valence-corrected chi connectivity index (χ1v) is 6.28. The molecule has 0 aliphatic heterocycles. The summed E-state index contributed by atoms with van der Waals surface area (Å²) in [6.45, 7) is 5.94. The molecular formula is C14H23N3O. The van der Waals surface area contributed by atoms with Crippen molar-refractivity contribution in [2.45, 2.75) is 20.3 Å². The van der Waals surface area contributed by atoms with Crippen molar-refractivity contribution in [2.24, 2.45) is 5.73 Å². The van der Waals surface area contributed by atoms with Gasteiger partial charge in [-0.15, -0.1) is 0 Å². The van der Waals surface area contributed by atoms with E-state index in [2.05, 4.69) is 11.4 Å². The molecule has 0 atom stereocenters. The van der Waals surface area contributed by atoms with Gasteiger partial charge in [-0.2, -0.15) is 0 Å². The highest BCUT2D eigenvalue weighted by Gasteiger charge is 2.07. The number of nitrogens with one attached hydrogen (secondary N) is 1. The Morgan fingerprint density at radius 3 is 2.72 bits per heavy atom. The molecule has 0 aliphatic rings. The van der Waals surface area contributed by atoms with Crippen LogP contribution in [0.1, 0.15) is 17.5 Å². The molecule has 1 aromatic carbocycles. The van der Waals surface area contributed by atoms with Crippen molar-refractivity contribution in [2.75, 3.05) is 32.0 Å². The molecule has 1 rings (SSSR count). The van der Waals surface area contributed by atoms with Crippen LogP contribution < -0.4 is 11.1 Å². The molecule has 0 aliphatic carbocycles. The SMILES string of the molecule is Cc1ccc(NC(=O)CN(C)CCCN)c(C)c1. The van der Waals surface area contributed by atoms with Crippen molar-refractivity contribution in [1.29, 1.82) is 0 Å². The third-order valence-corrected chi connectivity index (χ3v) is 2.81. The van der Waals surface area contributed by atoms with E-state index in [9.17, 15) is 4.79 Å². The normalized spacial score (nSPS) is 10.7. The number of rotatable bonds is 6. The first kappa shape index (κ1) is 14.7. The van der Waals surface area contributed by atoms with Gasteiger partial charge in [0.15, 0.2) is 0 Å². The van der Waals surface area contributed by atoms with Crippen molar-refractivity contribution in [1.82, 2.24) is 4.90 Å². The maximum absolute atomic E-state index is 11.8. The monoisotopic (exact) mass is 249 g/mol. The second-order valence-corrected chi connectivity index (χ2v) is 4.75. The van der Waals surface area contributed by atoms with Gasteiger partial charge in [0.1, 0.15) is 0 Å². The molecule has 4 heteroatoms. The van der Waals surface area contributed by atoms with Crippen LogP contribution in [0.5, 0.6) is 0 Å². The molecule has 0 aromatic heterocycles. The van der Waals surface area contributed by atoms with Gasteiger partial charge < -0.3 is 11.1 Å². The van der Waals surface area contributed by atoms with E-state index >= 15 is 0 Å². The van der Waals surface area contributed by atoms with E-state index in [1.807, 2.05) is 37.9 Å². The smallest absolute Gasteiger partial charge is 0.238 e. The standard InChI is InChI=1S/C14H23N3O/c1-11-5-6-13(12(2)9-11)16-14(18)10-17(3)8-4-7-15/h5-6,9H,4,7-8,10,15H2,1-3H3,(H,16,18). The fourth-order valence-corrected chi connectivity index (χ4v) is 1.83. The number of carbonyl (C=O) groups excluding carboxylic acids is 1. The van der Waals surface area contributed by atoms with Gasteiger partial charge in [-0.1, -0.05) is 17.7 Å². The second kappa shape index (κ2) is 7.13. The Hall–Kier alpha value is -1.39. The van der Waals surface area contributed by atoms with Gasteiger partial charge in [-0.05, 0) is 52.0 Å². The predicted octanol–water partition coefficient (Wildman–Crippen LogP) is 1.52. The summed E-state index contributed by atoms with van der Waals surface area (Å²) < 4.78 is 0. The summed E-state index contributed by atoms with van der Waals surface area (Å²) in [5, 5.41) is 2.93. The molecule has 0 unspecified atom stereocenters. The Kier molecular flexibility index (Phi) is 5.82. The van der Waals surface area contributed by atoms with E-state index in [4.69, 9.17) is 5.73 Å². The number of nitrogens with two attached hydrogens (primary N) is 1. The van der Waals surface area contributed by atoms with Crippen LogP contribution in [0.15, 0.2) is 18.2 Å². The zero-order valence-corrected chi connectivity index (χ0v) is 11.5. The number of anilines is 1. The van der Waals surface area contributed by atoms with E-state index in [0.29, 0.717) is 13.1 Å². The van der Waals surface area contributed by atoms with Gasteiger partial charge in [-0.25, -0.2) is 0 Å². The minimum Gasteiger partial charge on any atom is -0.330 e. The van der Waals surface area contributed by atoms with Gasteiger partial charge in [0.25, 0.3) is 0 Å². The van der Waals surface area contributed by atoms with Gasteiger partial charge in [0.05, 0.1) is 6.54 Å². The first-order chi connectivity index (χ1) is 8.52. The molecule has 0 saturated heterocycles. The van der Waals surface area contributed by atoms with Crippen molar-refractivity contribution >= 4 is 11.6 Å². The highest BCUT2D eigenvalue weighted by atomic mass is 16.2. The fourth-order valence-electron chi connectivity index (χ4n) is 1.83. The number of benzene rings is 1. The van der Waals surface area contributed by atoms with Crippen molar-refractivity contribution in [3.8, 4) is 0 Å². The molecule has 0 fully saturated rings. The number of hydrogen-bond acceptors (Lipinski definition) is 3. The maximum atomic E-state index is 11.8. The number of amides is 1. The zero-order chi connectivity index (χ0) is 13.5. The minimum absolute atomic E-state index is 0.0153. The third-order valence-electron chi connectivity index (χ3n) is 2.81. The maximum Gasteiger partial charge on any atom is 0.238 e. The lowest BCUT2D eigenvalue weighted by atomic mass is 10.1. The fraction of sp³-hybridized carbons (Fsp3) is 0.500. The van der Waals surface area contributed by atoms with E-state index in [0.717, 1.165) is 24.2 Å². The lowest BCUT2D eigenvalue weighted by molar-refractivity contribution is -0.117. The quantitative estimate of drug-likeness (QED) is 0.803. The van der Waals surface area contributed by atoms with Crippen molar-refractivity contribution in [3.63, 3.8) is 0 Å². The summed E-state index contributed by atoms with van der Waals surface area (Å²) in [7, 11) is 1.93. The summed E-state index contributed by atoms with van der Waals surface area (Å²) in [5.41, 5.74) is 8.62. The minimum atomic E-state index is 0.0153. The van der Waals surface area contributed by atoms with Gasteiger partial charge >= 0.3 is 0 Å². The Morgan fingerprint density at radius 2 is 2.11 bits per heavy atom. The Bertz CT molecular complexity index is 404. The van der Waals surface area contributed by atoms with Crippen LogP contribution in [0.3, 0.4) is 0 Å². The van der Waals surface area contributed by atoms with Crippen molar-refractivity contribution < 1.29 is 4.79 Å². The molecule has 0 spiro atoms. The molecule has 3 N–H and O–H groups in total. The van der Waals surface area contributed by atoms with Crippen LogP contribution in [0.2, 0.25) is 0 Å². The number of aryl methyl sites for hydroxylation is 2. The Labute approximate surface area is 109 Å². The lowest BCUT2D eigenvalue weighted by Gasteiger charge is -2.16. The van der Waals surface area contributed by atoms with Gasteiger partial charge in [0.2, 0.25) is 5.91 Å². The van der Waals surface area contributed by atoms with E-state index in [-0.39, 0.29) is 5.91 Å². The van der Waals surface area contributed by atoms with E-state index in [1.165, 1.54) is 5.56 Å². The molecule has 0 bridgehead atoms. The van der Waals surface area contributed by atoms with Crippen LogP contribution in [0, 0.1) is 13.8 Å². The molecule has 0 saturated carbocycles. The molecule has 0 radical (unpaired) electrons. The van der Waals surface area contributed by atoms with E-state index < -0.39 is 0 Å². The zero-order valence-electron chi connectivity index (χ0n) is 11.5. The number of carbonyl (C=O) groups is 1. The second-order valence-electron chi connectivity index (χ2n) is 4.75. The molecule has 1 aromatic rings. The number of hydrogen-bond donors (Lipinski definition) is 2. The van der Waals surface area contributed by atoms with Crippen molar-refractivity contribution in [3.05, 3.63) is 29.3 Å². The molecule has 1 amide bonds. The molecule has 4 nitrogen and oxygen atoms in total. The average molecular weight is 249 g/mol. The largest absolute Gasteiger partial charge is 0.330 e. The summed E-state index contributed by atoms with van der Waals surface area (Å²) in [4.78, 5) is 13.8. The third kappa shape index (κ3) is 4.85. The van der Waals surface area contributed by atoms with Crippen LogP contribution in [0.4, 0.5) is 5.69 Å². The summed E-state index contributed by atoms with van der Waals surface area (Å²) in [6, 6.07) is 6.01. The summed E-state index contributed by atoms with van der Waals surface area (Å²) in [5.74, 6) is 0.0153. The van der Waals surface area contributed by atoms with Crippen LogP contribution >= 0.6 is 0 Å². The summed E-state index contributed by atoms with van der Waals surface area (Å²) in [6.07, 6.45) is 0.910. The lowest BCUT2D eigenvalue weighted by Crippen LogP contribution is -2.31. The number of nitrogens with zero attached hydrogens (tertiary/aromatic N) is 1. The first-order valence-electron chi connectivity index (χ1n) is 6.28. The van der Waals surface area contributed by atoms with Crippen LogP contribution in [-0.4, -0.2) is 37.5 Å². The van der Waals surface area contributed by atoms with Crippen LogP contribution in [0.25, 0.3) is 0 Å². The average Bonchev–Trinajstić information content (AvgIpc) is 2.30. The molecule has 0 heterocycles. The van der Waals surface area contributed by atoms with E-state index in [1.54, 1.807) is 0 Å². The van der Waals surface area contributed by atoms with Gasteiger partial charge in [0, 0.05) is 5.69 Å². The summed E-state index contributed by atoms with van der Waals surface area (Å²) >= 11 is 0. The highest BCUT2D eigenvalue weighted by molar-refractivity contribution is 5.92. The topological polar surface area (TPSA) is 58.4 Å². The Morgan fingerprint density at radius 1 is 1.39 bits per heavy atom. The van der Waals surface area contributed by atoms with Gasteiger partial charge in [-0.3, -0.25) is 9.69 Å². The van der Waals surface area contributed by atoms with Crippen LogP contribution in [-0.2, 0) is 4.79 Å². The highest BCUT2D eigenvalue weighted by Crippen LogP contribution is 2.15. The molecule has 100 valence electrons.